The van der Waals surface area contributed by atoms with Gasteiger partial charge in [-0.05, 0) is 18.2 Å². The third-order valence-corrected chi connectivity index (χ3v) is 3.44. The van der Waals surface area contributed by atoms with E-state index in [1.54, 1.807) is 10.8 Å². The molecule has 4 aromatic rings. The molecule has 0 aliphatic heterocycles. The lowest BCUT2D eigenvalue weighted by Crippen LogP contribution is -2.20. The summed E-state index contributed by atoms with van der Waals surface area (Å²) in [5.74, 6) is 0. The van der Waals surface area contributed by atoms with Gasteiger partial charge < -0.3 is 4.98 Å². The van der Waals surface area contributed by atoms with E-state index in [-0.39, 0.29) is 5.69 Å². The van der Waals surface area contributed by atoms with Gasteiger partial charge in [-0.15, -0.1) is 0 Å². The van der Waals surface area contributed by atoms with Gasteiger partial charge in [0.05, 0.1) is 22.9 Å². The van der Waals surface area contributed by atoms with Gasteiger partial charge in [-0.25, -0.2) is 4.79 Å². The first-order valence-corrected chi connectivity index (χ1v) is 6.38. The van der Waals surface area contributed by atoms with Crippen molar-refractivity contribution in [1.29, 1.82) is 0 Å². The van der Waals surface area contributed by atoms with Crippen molar-refractivity contribution in [2.75, 3.05) is 0 Å². The summed E-state index contributed by atoms with van der Waals surface area (Å²) in [7, 11) is 0. The Morgan fingerprint density at radius 2 is 1.65 bits per heavy atom. The Morgan fingerprint density at radius 3 is 2.50 bits per heavy atom. The summed E-state index contributed by atoms with van der Waals surface area (Å²) < 4.78 is 1.65. The number of H-pyrrole nitrogens is 1. The standard InChI is InChI=1S/C16H11N3O/c20-16-17-10-14-15(12-8-4-5-9-13(12)18-14)19(16)11-6-2-1-3-7-11/h1-10,18H. The molecular formula is C16H11N3O. The second-order valence-corrected chi connectivity index (χ2v) is 4.64. The van der Waals surface area contributed by atoms with E-state index in [0.29, 0.717) is 0 Å². The first-order chi connectivity index (χ1) is 9.84. The second-order valence-electron chi connectivity index (χ2n) is 4.64. The fraction of sp³-hybridized carbons (Fsp3) is 0. The van der Waals surface area contributed by atoms with Gasteiger partial charge in [0.1, 0.15) is 0 Å². The minimum Gasteiger partial charge on any atom is -0.352 e. The van der Waals surface area contributed by atoms with Crippen molar-refractivity contribution >= 4 is 21.9 Å². The van der Waals surface area contributed by atoms with Gasteiger partial charge in [0.2, 0.25) is 0 Å². The molecule has 0 saturated carbocycles. The van der Waals surface area contributed by atoms with E-state index in [2.05, 4.69) is 9.97 Å². The number of aromatic nitrogens is 3. The molecule has 4 nitrogen and oxygen atoms in total. The van der Waals surface area contributed by atoms with Gasteiger partial charge in [0.15, 0.2) is 0 Å². The molecular weight excluding hydrogens is 250 g/mol. The smallest absolute Gasteiger partial charge is 0.352 e. The normalized spacial score (nSPS) is 11.2. The molecule has 0 spiro atoms. The van der Waals surface area contributed by atoms with Crippen LogP contribution < -0.4 is 5.69 Å². The Kier molecular flexibility index (Phi) is 2.23. The monoisotopic (exact) mass is 261 g/mol. The number of para-hydroxylation sites is 2. The van der Waals surface area contributed by atoms with E-state index in [1.165, 1.54) is 0 Å². The van der Waals surface area contributed by atoms with Crippen LogP contribution in [0.2, 0.25) is 0 Å². The van der Waals surface area contributed by atoms with E-state index in [0.717, 1.165) is 27.6 Å². The molecule has 4 heteroatoms. The number of benzene rings is 2. The highest BCUT2D eigenvalue weighted by Crippen LogP contribution is 2.25. The van der Waals surface area contributed by atoms with Crippen LogP contribution in [0.15, 0.2) is 65.6 Å². The minimum atomic E-state index is -0.270. The first kappa shape index (κ1) is 11.0. The molecule has 0 fully saturated rings. The molecule has 4 rings (SSSR count). The molecule has 2 aromatic carbocycles. The molecule has 0 unspecified atom stereocenters. The zero-order valence-electron chi connectivity index (χ0n) is 10.6. The third-order valence-electron chi connectivity index (χ3n) is 3.44. The molecule has 0 atom stereocenters. The Balaban J connectivity index is 2.24. The second kappa shape index (κ2) is 4.06. The van der Waals surface area contributed by atoms with Gasteiger partial charge in [0.25, 0.3) is 0 Å². The van der Waals surface area contributed by atoms with Gasteiger partial charge in [-0.1, -0.05) is 36.4 Å². The van der Waals surface area contributed by atoms with Crippen LogP contribution in [0.1, 0.15) is 0 Å². The molecule has 0 aliphatic carbocycles. The number of hydrogen-bond donors (Lipinski definition) is 1. The van der Waals surface area contributed by atoms with Crippen LogP contribution >= 0.6 is 0 Å². The fourth-order valence-corrected chi connectivity index (χ4v) is 2.57. The SMILES string of the molecule is O=c1ncc2[nH]c3ccccc3c2n1-c1ccccc1. The van der Waals surface area contributed by atoms with Crippen molar-refractivity contribution in [3.63, 3.8) is 0 Å². The van der Waals surface area contributed by atoms with E-state index in [9.17, 15) is 4.79 Å². The number of nitrogens with zero attached hydrogens (tertiary/aromatic N) is 2. The number of aromatic amines is 1. The molecule has 0 aliphatic rings. The van der Waals surface area contributed by atoms with Crippen LogP contribution in [0.25, 0.3) is 27.6 Å². The van der Waals surface area contributed by atoms with Gasteiger partial charge in [0, 0.05) is 10.9 Å². The highest BCUT2D eigenvalue weighted by molar-refractivity contribution is 6.05. The molecule has 0 saturated heterocycles. The van der Waals surface area contributed by atoms with Crippen molar-refractivity contribution in [3.8, 4) is 5.69 Å². The zero-order valence-corrected chi connectivity index (χ0v) is 10.6. The van der Waals surface area contributed by atoms with Crippen LogP contribution in [0.4, 0.5) is 0 Å². The lowest BCUT2D eigenvalue weighted by molar-refractivity contribution is 0.962. The maximum Gasteiger partial charge on any atom is 0.352 e. The van der Waals surface area contributed by atoms with Crippen LogP contribution in [-0.4, -0.2) is 14.5 Å². The van der Waals surface area contributed by atoms with Gasteiger partial charge in [-0.3, -0.25) is 4.57 Å². The van der Waals surface area contributed by atoms with Crippen molar-refractivity contribution in [1.82, 2.24) is 14.5 Å². The molecule has 0 amide bonds. The number of nitrogens with one attached hydrogen (secondary N) is 1. The van der Waals surface area contributed by atoms with Crippen LogP contribution in [0.3, 0.4) is 0 Å². The van der Waals surface area contributed by atoms with E-state index < -0.39 is 0 Å². The summed E-state index contributed by atoms with van der Waals surface area (Å²) in [5.41, 5.74) is 3.27. The number of fused-ring (bicyclic) bond motifs is 3. The maximum absolute atomic E-state index is 12.2. The topological polar surface area (TPSA) is 50.7 Å². The zero-order chi connectivity index (χ0) is 13.5. The average Bonchev–Trinajstić information content (AvgIpc) is 2.87. The summed E-state index contributed by atoms with van der Waals surface area (Å²) in [4.78, 5) is 19.5. The fourth-order valence-electron chi connectivity index (χ4n) is 2.57. The third kappa shape index (κ3) is 1.48. The lowest BCUT2D eigenvalue weighted by Gasteiger charge is -2.06. The number of hydrogen-bond acceptors (Lipinski definition) is 2. The Bertz CT molecular complexity index is 967. The summed E-state index contributed by atoms with van der Waals surface area (Å²) in [6, 6.07) is 17.5. The van der Waals surface area contributed by atoms with Gasteiger partial charge in [-0.2, -0.15) is 4.98 Å². The Labute approximate surface area is 114 Å². The van der Waals surface area contributed by atoms with Crippen molar-refractivity contribution in [2.45, 2.75) is 0 Å². The Morgan fingerprint density at radius 1 is 0.900 bits per heavy atom. The van der Waals surface area contributed by atoms with Crippen LogP contribution in [-0.2, 0) is 0 Å². The van der Waals surface area contributed by atoms with Crippen LogP contribution in [0.5, 0.6) is 0 Å². The number of rotatable bonds is 1. The maximum atomic E-state index is 12.2. The molecule has 2 aromatic heterocycles. The molecule has 20 heavy (non-hydrogen) atoms. The minimum absolute atomic E-state index is 0.270. The Hall–Kier alpha value is -2.88. The lowest BCUT2D eigenvalue weighted by atomic mass is 10.2. The predicted octanol–water partition coefficient (Wildman–Crippen LogP) is 2.87. The largest absolute Gasteiger partial charge is 0.352 e. The quantitative estimate of drug-likeness (QED) is 0.572. The predicted molar refractivity (Wildman–Crippen MR) is 79.2 cm³/mol. The van der Waals surface area contributed by atoms with E-state index in [4.69, 9.17) is 0 Å². The highest BCUT2D eigenvalue weighted by Gasteiger charge is 2.11. The summed E-state index contributed by atoms with van der Waals surface area (Å²) in [6.07, 6.45) is 1.59. The molecule has 0 radical (unpaired) electrons. The first-order valence-electron chi connectivity index (χ1n) is 6.38. The summed E-state index contributed by atoms with van der Waals surface area (Å²) >= 11 is 0. The van der Waals surface area contributed by atoms with Crippen LogP contribution in [0, 0.1) is 0 Å². The van der Waals surface area contributed by atoms with Crippen molar-refractivity contribution < 1.29 is 0 Å². The summed E-state index contributed by atoms with van der Waals surface area (Å²) in [5, 5.41) is 1.02. The molecule has 0 bridgehead atoms. The summed E-state index contributed by atoms with van der Waals surface area (Å²) in [6.45, 7) is 0. The van der Waals surface area contributed by atoms with Gasteiger partial charge >= 0.3 is 5.69 Å². The van der Waals surface area contributed by atoms with E-state index in [1.807, 2.05) is 54.6 Å². The molecule has 1 N–H and O–H groups in total. The average molecular weight is 261 g/mol. The van der Waals surface area contributed by atoms with Crippen molar-refractivity contribution in [2.24, 2.45) is 0 Å². The van der Waals surface area contributed by atoms with E-state index >= 15 is 0 Å². The highest BCUT2D eigenvalue weighted by atomic mass is 16.1. The molecule has 96 valence electrons. The molecule has 2 heterocycles. The van der Waals surface area contributed by atoms with Crippen molar-refractivity contribution in [3.05, 3.63) is 71.3 Å².